The van der Waals surface area contributed by atoms with Crippen LogP contribution in [0.4, 0.5) is 0 Å². The van der Waals surface area contributed by atoms with Crippen molar-refractivity contribution in [1.29, 1.82) is 0 Å². The third kappa shape index (κ3) is 11.9. The maximum absolute atomic E-state index is 8.06. The predicted molar refractivity (Wildman–Crippen MR) is 57.8 cm³/mol. The molecular weight excluding hydrogens is 164 g/mol. The van der Waals surface area contributed by atoms with Gasteiger partial charge in [-0.1, -0.05) is 45.4 Å². The van der Waals surface area contributed by atoms with Crippen LogP contribution in [0.15, 0.2) is 0 Å². The molecule has 0 amide bonds. The maximum Gasteiger partial charge on any atom is 0.0483 e. The molecule has 0 saturated heterocycles. The Balaban J connectivity index is 0. The molecule has 1 rings (SSSR count). The second kappa shape index (κ2) is 10.0. The van der Waals surface area contributed by atoms with Crippen molar-refractivity contribution in [3.8, 4) is 0 Å². The lowest BCUT2D eigenvalue weighted by Gasteiger charge is -2.18. The van der Waals surface area contributed by atoms with E-state index in [1.165, 1.54) is 38.5 Å². The third-order valence-corrected chi connectivity index (χ3v) is 2.30. The van der Waals surface area contributed by atoms with E-state index in [4.69, 9.17) is 5.11 Å². The lowest BCUT2D eigenvalue weighted by atomic mass is 9.88. The monoisotopic (exact) mass is 190 g/mol. The average Bonchev–Trinajstić information content (AvgIpc) is 2.05. The molecule has 0 spiro atoms. The van der Waals surface area contributed by atoms with E-state index in [1.807, 2.05) is 0 Å². The molecule has 0 aliphatic heterocycles. The molecule has 13 heavy (non-hydrogen) atoms. The van der Waals surface area contributed by atoms with Gasteiger partial charge in [-0.3, -0.25) is 0 Å². The summed E-state index contributed by atoms with van der Waals surface area (Å²) in [6.07, 6.45) is 8.76. The highest BCUT2D eigenvalue weighted by molar-refractivity contribution is 4.63. The van der Waals surface area contributed by atoms with Crippen molar-refractivity contribution in [2.45, 2.75) is 65.4 Å². The molecular formula is C11H26O2. The van der Waals surface area contributed by atoms with E-state index in [0.717, 1.165) is 5.92 Å². The molecule has 0 aromatic heterocycles. The smallest absolute Gasteiger partial charge is 0.0483 e. The molecule has 0 aromatic carbocycles. The summed E-state index contributed by atoms with van der Waals surface area (Å²) >= 11 is 0. The zero-order chi connectivity index (χ0) is 9.40. The van der Waals surface area contributed by atoms with Crippen molar-refractivity contribution < 1.29 is 10.6 Å². The van der Waals surface area contributed by atoms with Crippen molar-refractivity contribution in [2.75, 3.05) is 0 Å². The molecule has 0 bridgehead atoms. The topological polar surface area (TPSA) is 51.7 Å². The molecule has 0 heterocycles. The molecule has 1 saturated carbocycles. The first-order valence-electron chi connectivity index (χ1n) is 5.34. The predicted octanol–water partition coefficient (Wildman–Crippen LogP) is 2.54. The zero-order valence-corrected chi connectivity index (χ0v) is 9.34. The van der Waals surface area contributed by atoms with Crippen LogP contribution < -0.4 is 0 Å². The first kappa shape index (κ1) is 15.4. The Morgan fingerprint density at radius 2 is 1.54 bits per heavy atom. The van der Waals surface area contributed by atoms with Crippen LogP contribution >= 0.6 is 0 Å². The Bertz CT molecular complexity index is 83.3. The van der Waals surface area contributed by atoms with Crippen LogP contribution in [0.2, 0.25) is 0 Å². The quantitative estimate of drug-likeness (QED) is 0.678. The van der Waals surface area contributed by atoms with Gasteiger partial charge >= 0.3 is 0 Å². The summed E-state index contributed by atoms with van der Waals surface area (Å²) in [5.74, 6) is 1.09. The van der Waals surface area contributed by atoms with Gasteiger partial charge in [0, 0.05) is 6.10 Å². The molecule has 1 aliphatic carbocycles. The van der Waals surface area contributed by atoms with Crippen molar-refractivity contribution in [1.82, 2.24) is 0 Å². The second-order valence-corrected chi connectivity index (χ2v) is 4.01. The highest BCUT2D eigenvalue weighted by atomic mass is 16.3. The van der Waals surface area contributed by atoms with Crippen molar-refractivity contribution >= 4 is 0 Å². The second-order valence-electron chi connectivity index (χ2n) is 4.01. The summed E-state index contributed by atoms with van der Waals surface area (Å²) in [5, 5.41) is 8.06. The Morgan fingerprint density at radius 3 is 1.77 bits per heavy atom. The fourth-order valence-corrected chi connectivity index (χ4v) is 1.60. The molecule has 0 unspecified atom stereocenters. The SMILES string of the molecule is CC(C)O.CCC1CCCCC1.O. The van der Waals surface area contributed by atoms with Gasteiger partial charge in [0.2, 0.25) is 0 Å². The third-order valence-electron chi connectivity index (χ3n) is 2.30. The first-order valence-corrected chi connectivity index (χ1v) is 5.34. The fourth-order valence-electron chi connectivity index (χ4n) is 1.60. The number of aliphatic hydroxyl groups excluding tert-OH is 1. The Labute approximate surface area is 82.7 Å². The largest absolute Gasteiger partial charge is 0.412 e. The van der Waals surface area contributed by atoms with Gasteiger partial charge in [-0.2, -0.15) is 0 Å². The number of hydrogen-bond donors (Lipinski definition) is 1. The minimum atomic E-state index is -0.167. The molecule has 3 N–H and O–H groups in total. The molecule has 1 aliphatic rings. The molecule has 0 radical (unpaired) electrons. The fraction of sp³-hybridized carbons (Fsp3) is 1.00. The molecule has 82 valence electrons. The van der Waals surface area contributed by atoms with Crippen LogP contribution in [0.25, 0.3) is 0 Å². The standard InChI is InChI=1S/C8H16.C3H8O.H2O/c1-2-8-6-4-3-5-7-8;1-3(2)4;/h8H,2-7H2,1H3;3-4H,1-2H3;1H2. The van der Waals surface area contributed by atoms with E-state index in [1.54, 1.807) is 13.8 Å². The van der Waals surface area contributed by atoms with Gasteiger partial charge in [0.05, 0.1) is 0 Å². The van der Waals surface area contributed by atoms with E-state index in [2.05, 4.69) is 6.92 Å². The van der Waals surface area contributed by atoms with Crippen LogP contribution in [0, 0.1) is 5.92 Å². The van der Waals surface area contributed by atoms with Gasteiger partial charge in [-0.15, -0.1) is 0 Å². The van der Waals surface area contributed by atoms with E-state index in [-0.39, 0.29) is 11.6 Å². The van der Waals surface area contributed by atoms with Gasteiger partial charge < -0.3 is 10.6 Å². The zero-order valence-electron chi connectivity index (χ0n) is 9.34. The molecule has 0 aromatic rings. The van der Waals surface area contributed by atoms with Crippen molar-refractivity contribution in [3.05, 3.63) is 0 Å². The van der Waals surface area contributed by atoms with Crippen LogP contribution in [0.5, 0.6) is 0 Å². The normalized spacial score (nSPS) is 17.3. The maximum atomic E-state index is 8.06. The van der Waals surface area contributed by atoms with Gasteiger partial charge in [-0.05, 0) is 19.8 Å². The van der Waals surface area contributed by atoms with Crippen LogP contribution in [-0.4, -0.2) is 16.7 Å². The minimum Gasteiger partial charge on any atom is -0.412 e. The Hall–Kier alpha value is -0.0800. The number of rotatable bonds is 1. The lowest BCUT2D eigenvalue weighted by molar-refractivity contribution is 0.216. The number of hydrogen-bond acceptors (Lipinski definition) is 1. The molecule has 1 fully saturated rings. The number of aliphatic hydroxyl groups is 1. The average molecular weight is 190 g/mol. The summed E-state index contributed by atoms with van der Waals surface area (Å²) in [5.41, 5.74) is 0. The van der Waals surface area contributed by atoms with E-state index in [9.17, 15) is 0 Å². The highest BCUT2D eigenvalue weighted by Crippen LogP contribution is 2.25. The first-order chi connectivity index (χ1) is 5.66. The van der Waals surface area contributed by atoms with Gasteiger partial charge in [0.15, 0.2) is 0 Å². The molecule has 2 nitrogen and oxygen atoms in total. The molecule has 0 atom stereocenters. The summed E-state index contributed by atoms with van der Waals surface area (Å²) < 4.78 is 0. The summed E-state index contributed by atoms with van der Waals surface area (Å²) in [6.45, 7) is 5.76. The summed E-state index contributed by atoms with van der Waals surface area (Å²) in [7, 11) is 0. The van der Waals surface area contributed by atoms with E-state index >= 15 is 0 Å². The van der Waals surface area contributed by atoms with E-state index < -0.39 is 0 Å². The van der Waals surface area contributed by atoms with Crippen molar-refractivity contribution in [2.24, 2.45) is 5.92 Å². The minimum absolute atomic E-state index is 0. The highest BCUT2D eigenvalue weighted by Gasteiger charge is 2.09. The Morgan fingerprint density at radius 1 is 1.15 bits per heavy atom. The van der Waals surface area contributed by atoms with E-state index in [0.29, 0.717) is 0 Å². The van der Waals surface area contributed by atoms with Gasteiger partial charge in [0.25, 0.3) is 0 Å². The summed E-state index contributed by atoms with van der Waals surface area (Å²) in [4.78, 5) is 0. The van der Waals surface area contributed by atoms with Crippen LogP contribution in [0.3, 0.4) is 0 Å². The molecule has 2 heteroatoms. The summed E-state index contributed by atoms with van der Waals surface area (Å²) in [6, 6.07) is 0. The van der Waals surface area contributed by atoms with Gasteiger partial charge in [0.1, 0.15) is 0 Å². The van der Waals surface area contributed by atoms with Crippen LogP contribution in [0.1, 0.15) is 59.3 Å². The van der Waals surface area contributed by atoms with Crippen molar-refractivity contribution in [3.63, 3.8) is 0 Å². The van der Waals surface area contributed by atoms with Gasteiger partial charge in [-0.25, -0.2) is 0 Å². The van der Waals surface area contributed by atoms with Crippen LogP contribution in [-0.2, 0) is 0 Å². The lowest BCUT2D eigenvalue weighted by Crippen LogP contribution is -2.03. The Kier molecular flexibility index (Phi) is 11.8.